The second-order valence-corrected chi connectivity index (χ2v) is 4.95. The van der Waals surface area contributed by atoms with Gasteiger partial charge in [-0.05, 0) is 38.0 Å². The first-order valence-electron chi connectivity index (χ1n) is 7.01. The largest absolute Gasteiger partial charge is 0.294 e. The van der Waals surface area contributed by atoms with Crippen molar-refractivity contribution in [2.45, 2.75) is 40.2 Å². The summed E-state index contributed by atoms with van der Waals surface area (Å²) < 4.78 is 29.4. The van der Waals surface area contributed by atoms with Gasteiger partial charge in [-0.25, -0.2) is 8.78 Å². The molecule has 0 fully saturated rings. The number of aromatic nitrogens is 2. The summed E-state index contributed by atoms with van der Waals surface area (Å²) in [7, 11) is 0. The first-order chi connectivity index (χ1) is 9.97. The van der Waals surface area contributed by atoms with Gasteiger partial charge in [0, 0.05) is 12.2 Å². The van der Waals surface area contributed by atoms with Crippen molar-refractivity contribution in [2.24, 2.45) is 0 Å². The number of benzene rings is 1. The Kier molecular flexibility index (Phi) is 4.50. The van der Waals surface area contributed by atoms with Crippen LogP contribution in [0.15, 0.2) is 18.2 Å². The van der Waals surface area contributed by atoms with Gasteiger partial charge in [0.1, 0.15) is 11.6 Å². The Hall–Kier alpha value is -2.04. The van der Waals surface area contributed by atoms with Gasteiger partial charge in [-0.3, -0.25) is 9.48 Å². The lowest BCUT2D eigenvalue weighted by Crippen LogP contribution is -2.13. The molecule has 2 aromatic rings. The standard InChI is InChI=1S/C16H18F2N2O/c1-4-11-8-12(20(5-2)19-11)9-14(21)15-13(17)7-6-10(3)16(15)18/h6-8H,4-5,9H2,1-3H3. The van der Waals surface area contributed by atoms with Crippen LogP contribution in [0, 0.1) is 18.6 Å². The number of halogens is 2. The number of rotatable bonds is 5. The maximum absolute atomic E-state index is 14.0. The van der Waals surface area contributed by atoms with E-state index in [0.717, 1.165) is 18.2 Å². The highest BCUT2D eigenvalue weighted by atomic mass is 19.1. The van der Waals surface area contributed by atoms with Gasteiger partial charge >= 0.3 is 0 Å². The predicted octanol–water partition coefficient (Wildman–Crippen LogP) is 3.48. The number of aryl methyl sites for hydroxylation is 3. The quantitative estimate of drug-likeness (QED) is 0.791. The minimum Gasteiger partial charge on any atom is -0.294 e. The van der Waals surface area contributed by atoms with E-state index >= 15 is 0 Å². The zero-order valence-electron chi connectivity index (χ0n) is 12.4. The zero-order valence-corrected chi connectivity index (χ0v) is 12.4. The summed E-state index contributed by atoms with van der Waals surface area (Å²) in [6.07, 6.45) is 0.694. The first-order valence-corrected chi connectivity index (χ1v) is 7.01. The van der Waals surface area contributed by atoms with Gasteiger partial charge in [0.2, 0.25) is 0 Å². The molecular formula is C16H18F2N2O. The van der Waals surface area contributed by atoms with Crippen LogP contribution in [-0.2, 0) is 19.4 Å². The maximum Gasteiger partial charge on any atom is 0.174 e. The fourth-order valence-electron chi connectivity index (χ4n) is 2.27. The summed E-state index contributed by atoms with van der Waals surface area (Å²) in [5, 5.41) is 4.33. The Bertz CT molecular complexity index is 677. The maximum atomic E-state index is 14.0. The van der Waals surface area contributed by atoms with Crippen LogP contribution in [0.5, 0.6) is 0 Å². The minimum atomic E-state index is -0.818. The molecule has 0 saturated heterocycles. The van der Waals surface area contributed by atoms with Crippen molar-refractivity contribution in [2.75, 3.05) is 0 Å². The van der Waals surface area contributed by atoms with E-state index in [1.165, 1.54) is 13.0 Å². The number of Topliss-reactive ketones (excluding diaryl/α,β-unsaturated/α-hetero) is 1. The fraction of sp³-hybridized carbons (Fsp3) is 0.375. The van der Waals surface area contributed by atoms with Crippen LogP contribution >= 0.6 is 0 Å². The van der Waals surface area contributed by atoms with Gasteiger partial charge < -0.3 is 0 Å². The predicted molar refractivity (Wildman–Crippen MR) is 76.4 cm³/mol. The van der Waals surface area contributed by atoms with Crippen molar-refractivity contribution >= 4 is 5.78 Å². The van der Waals surface area contributed by atoms with Gasteiger partial charge in [0.25, 0.3) is 0 Å². The van der Waals surface area contributed by atoms with Gasteiger partial charge in [0.05, 0.1) is 17.7 Å². The Balaban J connectivity index is 2.34. The highest BCUT2D eigenvalue weighted by Gasteiger charge is 2.21. The third kappa shape index (κ3) is 3.01. The van der Waals surface area contributed by atoms with Gasteiger partial charge in [-0.1, -0.05) is 13.0 Å². The van der Waals surface area contributed by atoms with Crippen molar-refractivity contribution in [3.63, 3.8) is 0 Å². The summed E-state index contributed by atoms with van der Waals surface area (Å²) in [6.45, 7) is 6.00. The van der Waals surface area contributed by atoms with Gasteiger partial charge in [-0.2, -0.15) is 5.10 Å². The fourth-order valence-corrected chi connectivity index (χ4v) is 2.27. The molecule has 21 heavy (non-hydrogen) atoms. The van der Waals surface area contributed by atoms with E-state index in [4.69, 9.17) is 0 Å². The van der Waals surface area contributed by atoms with Crippen molar-refractivity contribution in [1.82, 2.24) is 9.78 Å². The van der Waals surface area contributed by atoms with Crippen LogP contribution < -0.4 is 0 Å². The normalized spacial score (nSPS) is 10.9. The molecule has 0 atom stereocenters. The molecule has 1 aromatic carbocycles. The van der Waals surface area contributed by atoms with Crippen LogP contribution in [0.25, 0.3) is 0 Å². The Morgan fingerprint density at radius 1 is 1.29 bits per heavy atom. The molecule has 3 nitrogen and oxygen atoms in total. The van der Waals surface area contributed by atoms with Crippen molar-refractivity contribution in [3.8, 4) is 0 Å². The molecule has 0 aliphatic heterocycles. The molecule has 0 N–H and O–H groups in total. The summed E-state index contributed by atoms with van der Waals surface area (Å²) in [5.74, 6) is -2.16. The molecule has 0 radical (unpaired) electrons. The van der Waals surface area contributed by atoms with Crippen LogP contribution in [0.4, 0.5) is 8.78 Å². The molecule has 5 heteroatoms. The molecule has 0 saturated carbocycles. The Morgan fingerprint density at radius 3 is 2.62 bits per heavy atom. The second-order valence-electron chi connectivity index (χ2n) is 4.95. The highest BCUT2D eigenvalue weighted by Crippen LogP contribution is 2.19. The molecule has 0 unspecified atom stereocenters. The van der Waals surface area contributed by atoms with E-state index < -0.39 is 23.0 Å². The average Bonchev–Trinajstić information content (AvgIpc) is 2.85. The number of ketones is 1. The summed E-state index contributed by atoms with van der Waals surface area (Å²) >= 11 is 0. The molecule has 0 aliphatic carbocycles. The number of carbonyl (C=O) groups excluding carboxylic acids is 1. The molecule has 0 bridgehead atoms. The molecular weight excluding hydrogens is 274 g/mol. The first kappa shape index (κ1) is 15.4. The lowest BCUT2D eigenvalue weighted by atomic mass is 10.0. The van der Waals surface area contributed by atoms with E-state index in [0.29, 0.717) is 12.2 Å². The van der Waals surface area contributed by atoms with Crippen LogP contribution in [-0.4, -0.2) is 15.6 Å². The smallest absolute Gasteiger partial charge is 0.174 e. The summed E-state index contributed by atoms with van der Waals surface area (Å²) in [4.78, 5) is 12.3. The molecule has 2 rings (SSSR count). The van der Waals surface area contributed by atoms with Crippen molar-refractivity contribution in [3.05, 3.63) is 52.3 Å². The average molecular weight is 292 g/mol. The van der Waals surface area contributed by atoms with E-state index in [9.17, 15) is 13.6 Å². The lowest BCUT2D eigenvalue weighted by molar-refractivity contribution is 0.0982. The Morgan fingerprint density at radius 2 is 2.00 bits per heavy atom. The van der Waals surface area contributed by atoms with E-state index in [1.807, 2.05) is 19.9 Å². The number of nitrogens with zero attached hydrogens (tertiary/aromatic N) is 2. The highest BCUT2D eigenvalue weighted by molar-refractivity contribution is 5.98. The van der Waals surface area contributed by atoms with E-state index in [2.05, 4.69) is 5.10 Å². The van der Waals surface area contributed by atoms with Crippen LogP contribution in [0.1, 0.15) is 41.2 Å². The zero-order chi connectivity index (χ0) is 15.6. The monoisotopic (exact) mass is 292 g/mol. The van der Waals surface area contributed by atoms with Gasteiger partial charge in [0.15, 0.2) is 5.78 Å². The lowest BCUT2D eigenvalue weighted by Gasteiger charge is -2.07. The molecule has 0 amide bonds. The van der Waals surface area contributed by atoms with E-state index in [-0.39, 0.29) is 12.0 Å². The molecule has 112 valence electrons. The second kappa shape index (κ2) is 6.16. The molecule has 0 spiro atoms. The number of carbonyl (C=O) groups is 1. The number of hydrogen-bond donors (Lipinski definition) is 0. The topological polar surface area (TPSA) is 34.9 Å². The van der Waals surface area contributed by atoms with E-state index in [1.54, 1.807) is 4.68 Å². The third-order valence-corrected chi connectivity index (χ3v) is 3.48. The summed E-state index contributed by atoms with van der Waals surface area (Å²) in [6, 6.07) is 4.26. The SMILES string of the molecule is CCc1cc(CC(=O)c2c(F)ccc(C)c2F)n(CC)n1. The molecule has 1 heterocycles. The summed E-state index contributed by atoms with van der Waals surface area (Å²) in [5.41, 5.74) is 1.35. The van der Waals surface area contributed by atoms with Crippen molar-refractivity contribution < 1.29 is 13.6 Å². The minimum absolute atomic E-state index is 0.0574. The molecule has 0 aliphatic rings. The van der Waals surface area contributed by atoms with Crippen molar-refractivity contribution in [1.29, 1.82) is 0 Å². The Labute approximate surface area is 122 Å². The molecule has 1 aromatic heterocycles. The number of hydrogen-bond acceptors (Lipinski definition) is 2. The third-order valence-electron chi connectivity index (χ3n) is 3.48. The van der Waals surface area contributed by atoms with Crippen LogP contribution in [0.2, 0.25) is 0 Å². The van der Waals surface area contributed by atoms with Gasteiger partial charge in [-0.15, -0.1) is 0 Å². The van der Waals surface area contributed by atoms with Crippen LogP contribution in [0.3, 0.4) is 0 Å².